The minimum atomic E-state index is -0.118. The fraction of sp³-hybridized carbons (Fsp3) is 0.269. The van der Waals surface area contributed by atoms with Gasteiger partial charge in [0, 0.05) is 38.1 Å². The van der Waals surface area contributed by atoms with Gasteiger partial charge in [0.25, 0.3) is 5.91 Å². The molecule has 3 aromatic rings. The number of benzene rings is 2. The van der Waals surface area contributed by atoms with Crippen LogP contribution in [0.2, 0.25) is 0 Å². The van der Waals surface area contributed by atoms with Crippen molar-refractivity contribution in [2.75, 3.05) is 29.4 Å². The van der Waals surface area contributed by atoms with Crippen LogP contribution in [0.5, 0.6) is 0 Å². The topological polar surface area (TPSA) is 52.6 Å². The van der Waals surface area contributed by atoms with Crippen molar-refractivity contribution in [2.24, 2.45) is 0 Å². The van der Waals surface area contributed by atoms with Gasteiger partial charge in [-0.1, -0.05) is 54.6 Å². The van der Waals surface area contributed by atoms with Gasteiger partial charge in [-0.05, 0) is 30.5 Å². The zero-order valence-electron chi connectivity index (χ0n) is 18.1. The summed E-state index contributed by atoms with van der Waals surface area (Å²) in [7, 11) is 0. The van der Waals surface area contributed by atoms with E-state index >= 15 is 0 Å². The standard InChI is InChI=1S/C26H27N5O/c1-2-21-19-30(18-20-11-5-3-6-12-20)25(32)23-17-27-26(29-15-9-10-16-29)28-24(23)31(21)22-13-7-4-8-14-22/h2-8,11-14,17,21H,1,9-10,15-16,18-19H2/t21-/m0/s1. The van der Waals surface area contributed by atoms with Crippen molar-refractivity contribution in [3.05, 3.63) is 90.6 Å². The molecule has 5 rings (SSSR count). The van der Waals surface area contributed by atoms with E-state index in [1.165, 1.54) is 0 Å². The molecule has 2 aromatic carbocycles. The predicted molar refractivity (Wildman–Crippen MR) is 127 cm³/mol. The Morgan fingerprint density at radius 1 is 1.00 bits per heavy atom. The van der Waals surface area contributed by atoms with E-state index in [4.69, 9.17) is 4.98 Å². The second-order valence-electron chi connectivity index (χ2n) is 8.28. The van der Waals surface area contributed by atoms with E-state index in [-0.39, 0.29) is 11.9 Å². The maximum atomic E-state index is 13.7. The summed E-state index contributed by atoms with van der Waals surface area (Å²) in [5, 5.41) is 0. The maximum Gasteiger partial charge on any atom is 0.259 e. The van der Waals surface area contributed by atoms with Gasteiger partial charge in [0.05, 0.1) is 6.04 Å². The summed E-state index contributed by atoms with van der Waals surface area (Å²) < 4.78 is 0. The average molecular weight is 426 g/mol. The first-order valence-electron chi connectivity index (χ1n) is 11.2. The molecule has 1 fully saturated rings. The summed E-state index contributed by atoms with van der Waals surface area (Å²) in [4.78, 5) is 29.4. The lowest BCUT2D eigenvalue weighted by Gasteiger charge is -2.31. The van der Waals surface area contributed by atoms with Gasteiger partial charge in [0.2, 0.25) is 5.95 Å². The Balaban J connectivity index is 1.62. The van der Waals surface area contributed by atoms with Crippen molar-refractivity contribution in [3.63, 3.8) is 0 Å². The largest absolute Gasteiger partial charge is 0.341 e. The fourth-order valence-corrected chi connectivity index (χ4v) is 4.51. The number of anilines is 3. The van der Waals surface area contributed by atoms with Crippen molar-refractivity contribution >= 4 is 23.4 Å². The number of aromatic nitrogens is 2. The Hall–Kier alpha value is -3.67. The molecule has 0 saturated carbocycles. The van der Waals surface area contributed by atoms with E-state index in [0.717, 1.165) is 37.2 Å². The lowest BCUT2D eigenvalue weighted by Crippen LogP contribution is -2.39. The van der Waals surface area contributed by atoms with Crippen molar-refractivity contribution in [1.82, 2.24) is 14.9 Å². The Bertz CT molecular complexity index is 1100. The molecule has 2 aliphatic rings. The zero-order valence-corrected chi connectivity index (χ0v) is 18.1. The molecule has 0 N–H and O–H groups in total. The lowest BCUT2D eigenvalue weighted by molar-refractivity contribution is 0.0747. The minimum Gasteiger partial charge on any atom is -0.341 e. The van der Waals surface area contributed by atoms with Gasteiger partial charge in [-0.3, -0.25) is 4.79 Å². The molecule has 2 aliphatic heterocycles. The highest BCUT2D eigenvalue weighted by molar-refractivity contribution is 6.00. The smallest absolute Gasteiger partial charge is 0.259 e. The molecule has 1 saturated heterocycles. The number of para-hydroxylation sites is 1. The summed E-state index contributed by atoms with van der Waals surface area (Å²) in [5.41, 5.74) is 2.60. The predicted octanol–water partition coefficient (Wildman–Crippen LogP) is 4.43. The Morgan fingerprint density at radius 3 is 2.38 bits per heavy atom. The molecular weight excluding hydrogens is 398 g/mol. The van der Waals surface area contributed by atoms with Crippen molar-refractivity contribution in [2.45, 2.75) is 25.4 Å². The number of fused-ring (bicyclic) bond motifs is 1. The number of carbonyl (C=O) groups is 1. The molecular formula is C26H27N5O. The molecule has 0 radical (unpaired) electrons. The first kappa shape index (κ1) is 20.2. The van der Waals surface area contributed by atoms with Crippen LogP contribution in [-0.2, 0) is 6.54 Å². The van der Waals surface area contributed by atoms with Gasteiger partial charge in [-0.2, -0.15) is 4.98 Å². The number of hydrogen-bond donors (Lipinski definition) is 0. The second kappa shape index (κ2) is 8.83. The van der Waals surface area contributed by atoms with Crippen molar-refractivity contribution in [3.8, 4) is 0 Å². The Labute approximate surface area is 188 Å². The van der Waals surface area contributed by atoms with Crippen LogP contribution < -0.4 is 9.80 Å². The lowest BCUT2D eigenvalue weighted by atomic mass is 10.1. The summed E-state index contributed by atoms with van der Waals surface area (Å²) in [6, 6.07) is 20.1. The Morgan fingerprint density at radius 2 is 1.69 bits per heavy atom. The molecule has 0 unspecified atom stereocenters. The van der Waals surface area contributed by atoms with Gasteiger partial charge in [0.15, 0.2) is 5.82 Å². The normalized spacial score (nSPS) is 18.4. The SMILES string of the molecule is C=C[C@H]1CN(Cc2ccccc2)C(=O)c2cnc(N3CCCC3)nc2N1c1ccccc1. The molecule has 0 bridgehead atoms. The third-order valence-electron chi connectivity index (χ3n) is 6.15. The number of nitrogens with zero attached hydrogens (tertiary/aromatic N) is 5. The highest BCUT2D eigenvalue weighted by Crippen LogP contribution is 2.35. The van der Waals surface area contributed by atoms with Crippen molar-refractivity contribution < 1.29 is 4.79 Å². The highest BCUT2D eigenvalue weighted by atomic mass is 16.2. The third kappa shape index (κ3) is 3.84. The Kier molecular flexibility index (Phi) is 5.58. The van der Waals surface area contributed by atoms with Crippen molar-refractivity contribution in [1.29, 1.82) is 0 Å². The molecule has 1 atom stereocenters. The van der Waals surface area contributed by atoms with E-state index in [1.54, 1.807) is 6.20 Å². The average Bonchev–Trinajstić information content (AvgIpc) is 3.35. The number of rotatable bonds is 5. The highest BCUT2D eigenvalue weighted by Gasteiger charge is 2.34. The van der Waals surface area contributed by atoms with Crippen LogP contribution >= 0.6 is 0 Å². The molecule has 1 amide bonds. The summed E-state index contributed by atoms with van der Waals surface area (Å²) in [5.74, 6) is 1.29. The molecule has 3 heterocycles. The summed E-state index contributed by atoms with van der Waals surface area (Å²) in [6.45, 7) is 7.05. The molecule has 0 spiro atoms. The molecule has 6 nitrogen and oxygen atoms in total. The quantitative estimate of drug-likeness (QED) is 0.566. The van der Waals surface area contributed by atoms with E-state index in [1.807, 2.05) is 59.5 Å². The molecule has 0 aliphatic carbocycles. The molecule has 162 valence electrons. The van der Waals surface area contributed by atoms with E-state index in [2.05, 4.69) is 33.5 Å². The van der Waals surface area contributed by atoms with Gasteiger partial charge in [-0.25, -0.2) is 4.98 Å². The molecule has 1 aromatic heterocycles. The van der Waals surface area contributed by atoms with Crippen LogP contribution in [0.1, 0.15) is 28.8 Å². The third-order valence-corrected chi connectivity index (χ3v) is 6.15. The second-order valence-corrected chi connectivity index (χ2v) is 8.28. The van der Waals surface area contributed by atoms with Crippen LogP contribution in [-0.4, -0.2) is 46.5 Å². The van der Waals surface area contributed by atoms with Crippen LogP contribution in [0.15, 0.2) is 79.5 Å². The summed E-state index contributed by atoms with van der Waals surface area (Å²) >= 11 is 0. The van der Waals surface area contributed by atoms with E-state index in [9.17, 15) is 4.79 Å². The number of hydrogen-bond acceptors (Lipinski definition) is 5. The monoisotopic (exact) mass is 425 g/mol. The fourth-order valence-electron chi connectivity index (χ4n) is 4.51. The zero-order chi connectivity index (χ0) is 21.9. The maximum absolute atomic E-state index is 13.7. The van der Waals surface area contributed by atoms with Gasteiger partial charge in [0.1, 0.15) is 5.56 Å². The van der Waals surface area contributed by atoms with Crippen LogP contribution in [0.3, 0.4) is 0 Å². The first-order valence-corrected chi connectivity index (χ1v) is 11.2. The van der Waals surface area contributed by atoms with Crippen LogP contribution in [0.4, 0.5) is 17.5 Å². The van der Waals surface area contributed by atoms with E-state index in [0.29, 0.717) is 30.4 Å². The van der Waals surface area contributed by atoms with Crippen LogP contribution in [0, 0.1) is 0 Å². The van der Waals surface area contributed by atoms with Gasteiger partial charge in [-0.15, -0.1) is 6.58 Å². The van der Waals surface area contributed by atoms with E-state index < -0.39 is 0 Å². The van der Waals surface area contributed by atoms with Gasteiger partial charge < -0.3 is 14.7 Å². The number of amides is 1. The van der Waals surface area contributed by atoms with Crippen LogP contribution in [0.25, 0.3) is 0 Å². The number of carbonyl (C=O) groups excluding carboxylic acids is 1. The molecule has 6 heteroatoms. The summed E-state index contributed by atoms with van der Waals surface area (Å²) in [6.07, 6.45) is 5.90. The minimum absolute atomic E-state index is 0.0536. The molecule has 32 heavy (non-hydrogen) atoms. The first-order chi connectivity index (χ1) is 15.7. The van der Waals surface area contributed by atoms with Gasteiger partial charge >= 0.3 is 0 Å².